The first-order valence-corrected chi connectivity index (χ1v) is 5.85. The molecule has 0 spiro atoms. The van der Waals surface area contributed by atoms with Gasteiger partial charge in [0.1, 0.15) is 12.4 Å². The largest absolute Gasteiger partial charge is 0.492 e. The van der Waals surface area contributed by atoms with Crippen LogP contribution in [0, 0.1) is 0 Å². The highest BCUT2D eigenvalue weighted by molar-refractivity contribution is 5.93. The predicted molar refractivity (Wildman–Crippen MR) is 67.4 cm³/mol. The molecule has 4 nitrogen and oxygen atoms in total. The number of nitrogens with one attached hydrogen (secondary N) is 1. The molecule has 0 saturated carbocycles. The van der Waals surface area contributed by atoms with Crippen molar-refractivity contribution in [2.45, 2.75) is 12.8 Å². The number of likely N-dealkylation sites (N-methyl/N-ethyl adjacent to an activating group) is 1. The molecule has 92 valence electrons. The predicted octanol–water partition coefficient (Wildman–Crippen LogP) is 1.51. The highest BCUT2D eigenvalue weighted by Gasteiger charge is 2.14. The van der Waals surface area contributed by atoms with Crippen molar-refractivity contribution in [3.63, 3.8) is 0 Å². The molecule has 0 aromatic heterocycles. The van der Waals surface area contributed by atoms with Crippen molar-refractivity contribution in [3.8, 4) is 5.75 Å². The normalized spacial score (nSPS) is 14.4. The second-order valence-electron chi connectivity index (χ2n) is 4.52. The lowest BCUT2D eigenvalue weighted by atomic mass is 10.0. The SMILES string of the molecule is CN(C)CCOc1ccc2c(c1)CCC(=O)N2. The van der Waals surface area contributed by atoms with Gasteiger partial charge in [0, 0.05) is 18.7 Å². The van der Waals surface area contributed by atoms with E-state index in [1.54, 1.807) is 0 Å². The Morgan fingerprint density at radius 3 is 2.94 bits per heavy atom. The van der Waals surface area contributed by atoms with Gasteiger partial charge in [-0.05, 0) is 44.3 Å². The maximum Gasteiger partial charge on any atom is 0.224 e. The molecule has 0 radical (unpaired) electrons. The van der Waals surface area contributed by atoms with Gasteiger partial charge in [0.05, 0.1) is 0 Å². The number of aryl methyl sites for hydroxylation is 1. The molecule has 1 heterocycles. The fraction of sp³-hybridized carbons (Fsp3) is 0.462. The first-order valence-electron chi connectivity index (χ1n) is 5.85. The van der Waals surface area contributed by atoms with Crippen LogP contribution in [-0.2, 0) is 11.2 Å². The molecule has 1 aliphatic heterocycles. The molecule has 0 aliphatic carbocycles. The molecule has 0 saturated heterocycles. The first kappa shape index (κ1) is 11.9. The number of hydrogen-bond donors (Lipinski definition) is 1. The third-order valence-electron chi connectivity index (χ3n) is 2.78. The Morgan fingerprint density at radius 1 is 1.35 bits per heavy atom. The van der Waals surface area contributed by atoms with Crippen LogP contribution in [0.15, 0.2) is 18.2 Å². The summed E-state index contributed by atoms with van der Waals surface area (Å²) in [6.07, 6.45) is 1.36. The molecule has 1 N–H and O–H groups in total. The molecule has 1 aromatic carbocycles. The fourth-order valence-corrected chi connectivity index (χ4v) is 1.80. The lowest BCUT2D eigenvalue weighted by molar-refractivity contribution is -0.116. The highest BCUT2D eigenvalue weighted by Crippen LogP contribution is 2.26. The Hall–Kier alpha value is -1.55. The number of anilines is 1. The van der Waals surface area contributed by atoms with Crippen LogP contribution >= 0.6 is 0 Å². The summed E-state index contributed by atoms with van der Waals surface area (Å²) in [4.78, 5) is 13.3. The number of ether oxygens (including phenoxy) is 1. The molecule has 0 bridgehead atoms. The second kappa shape index (κ2) is 5.19. The number of fused-ring (bicyclic) bond motifs is 1. The standard InChI is InChI=1S/C13H18N2O2/c1-15(2)7-8-17-11-4-5-12-10(9-11)3-6-13(16)14-12/h4-5,9H,3,6-8H2,1-2H3,(H,14,16). The summed E-state index contributed by atoms with van der Waals surface area (Å²) in [6.45, 7) is 1.58. The van der Waals surface area contributed by atoms with Gasteiger partial charge in [-0.25, -0.2) is 0 Å². The molecule has 1 amide bonds. The van der Waals surface area contributed by atoms with Gasteiger partial charge in [-0.15, -0.1) is 0 Å². The van der Waals surface area contributed by atoms with Crippen LogP contribution in [0.1, 0.15) is 12.0 Å². The number of hydrogen-bond acceptors (Lipinski definition) is 3. The van der Waals surface area contributed by atoms with Crippen molar-refractivity contribution < 1.29 is 9.53 Å². The van der Waals surface area contributed by atoms with E-state index in [0.717, 1.165) is 30.0 Å². The molecule has 0 atom stereocenters. The van der Waals surface area contributed by atoms with Gasteiger partial charge < -0.3 is 15.0 Å². The van der Waals surface area contributed by atoms with Crippen molar-refractivity contribution >= 4 is 11.6 Å². The lowest BCUT2D eigenvalue weighted by Crippen LogP contribution is -2.20. The first-order chi connectivity index (χ1) is 8.15. The van der Waals surface area contributed by atoms with Crippen LogP contribution in [0.4, 0.5) is 5.69 Å². The Morgan fingerprint density at radius 2 is 2.18 bits per heavy atom. The minimum atomic E-state index is 0.0961. The van der Waals surface area contributed by atoms with Crippen LogP contribution in [-0.4, -0.2) is 38.1 Å². The third-order valence-corrected chi connectivity index (χ3v) is 2.78. The fourth-order valence-electron chi connectivity index (χ4n) is 1.80. The third kappa shape index (κ3) is 3.20. The van der Waals surface area contributed by atoms with Crippen molar-refractivity contribution in [2.75, 3.05) is 32.6 Å². The number of rotatable bonds is 4. The summed E-state index contributed by atoms with van der Waals surface area (Å²) in [5.41, 5.74) is 2.08. The van der Waals surface area contributed by atoms with Gasteiger partial charge in [-0.3, -0.25) is 4.79 Å². The summed E-state index contributed by atoms with van der Waals surface area (Å²) >= 11 is 0. The smallest absolute Gasteiger partial charge is 0.224 e. The molecule has 2 rings (SSSR count). The number of nitrogens with zero attached hydrogens (tertiary/aromatic N) is 1. The minimum Gasteiger partial charge on any atom is -0.492 e. The lowest BCUT2D eigenvalue weighted by Gasteiger charge is -2.18. The van der Waals surface area contributed by atoms with Gasteiger partial charge in [-0.1, -0.05) is 0 Å². The summed E-state index contributed by atoms with van der Waals surface area (Å²) in [5, 5.41) is 2.86. The Labute approximate surface area is 102 Å². The summed E-state index contributed by atoms with van der Waals surface area (Å²) < 4.78 is 5.66. The van der Waals surface area contributed by atoms with E-state index in [-0.39, 0.29) is 5.91 Å². The summed E-state index contributed by atoms with van der Waals surface area (Å²) in [6, 6.07) is 5.84. The van der Waals surface area contributed by atoms with Crippen molar-refractivity contribution in [2.24, 2.45) is 0 Å². The molecule has 0 fully saturated rings. The number of carbonyl (C=O) groups is 1. The maximum atomic E-state index is 11.2. The zero-order chi connectivity index (χ0) is 12.3. The zero-order valence-corrected chi connectivity index (χ0v) is 10.3. The van der Waals surface area contributed by atoms with Gasteiger partial charge in [0.25, 0.3) is 0 Å². The van der Waals surface area contributed by atoms with Crippen molar-refractivity contribution in [3.05, 3.63) is 23.8 Å². The Bertz CT molecular complexity index is 416. The maximum absolute atomic E-state index is 11.2. The highest BCUT2D eigenvalue weighted by atomic mass is 16.5. The average molecular weight is 234 g/mol. The van der Waals surface area contributed by atoms with Crippen LogP contribution in [0.5, 0.6) is 5.75 Å². The number of benzene rings is 1. The minimum absolute atomic E-state index is 0.0961. The topological polar surface area (TPSA) is 41.6 Å². The summed E-state index contributed by atoms with van der Waals surface area (Å²) in [7, 11) is 4.04. The van der Waals surface area contributed by atoms with Crippen LogP contribution in [0.3, 0.4) is 0 Å². The quantitative estimate of drug-likeness (QED) is 0.858. The monoisotopic (exact) mass is 234 g/mol. The van der Waals surface area contributed by atoms with Crippen LogP contribution in [0.25, 0.3) is 0 Å². The zero-order valence-electron chi connectivity index (χ0n) is 10.3. The Balaban J connectivity index is 1.99. The molecule has 1 aromatic rings. The van der Waals surface area contributed by atoms with Crippen LogP contribution in [0.2, 0.25) is 0 Å². The van der Waals surface area contributed by atoms with Crippen LogP contribution < -0.4 is 10.1 Å². The molecule has 4 heteroatoms. The van der Waals surface area contributed by atoms with E-state index in [1.807, 2.05) is 32.3 Å². The molecule has 1 aliphatic rings. The van der Waals surface area contributed by atoms with E-state index >= 15 is 0 Å². The molecular formula is C13H18N2O2. The van der Waals surface area contributed by atoms with E-state index in [9.17, 15) is 4.79 Å². The summed E-state index contributed by atoms with van der Waals surface area (Å²) in [5.74, 6) is 0.973. The average Bonchev–Trinajstić information content (AvgIpc) is 2.29. The number of carbonyl (C=O) groups excluding carboxylic acids is 1. The molecular weight excluding hydrogens is 216 g/mol. The van der Waals surface area contributed by atoms with Crippen molar-refractivity contribution in [1.82, 2.24) is 4.90 Å². The number of amides is 1. The van der Waals surface area contributed by atoms with Gasteiger partial charge in [0.2, 0.25) is 5.91 Å². The Kier molecular flexibility index (Phi) is 3.64. The van der Waals surface area contributed by atoms with E-state index in [0.29, 0.717) is 13.0 Å². The van der Waals surface area contributed by atoms with E-state index in [4.69, 9.17) is 4.74 Å². The second-order valence-corrected chi connectivity index (χ2v) is 4.52. The van der Waals surface area contributed by atoms with E-state index in [1.165, 1.54) is 0 Å². The van der Waals surface area contributed by atoms with E-state index < -0.39 is 0 Å². The van der Waals surface area contributed by atoms with Gasteiger partial charge in [0.15, 0.2) is 0 Å². The molecule has 0 unspecified atom stereocenters. The van der Waals surface area contributed by atoms with Gasteiger partial charge >= 0.3 is 0 Å². The van der Waals surface area contributed by atoms with E-state index in [2.05, 4.69) is 10.2 Å². The van der Waals surface area contributed by atoms with Gasteiger partial charge in [-0.2, -0.15) is 0 Å². The van der Waals surface area contributed by atoms with Crippen molar-refractivity contribution in [1.29, 1.82) is 0 Å². The molecule has 17 heavy (non-hydrogen) atoms.